The van der Waals surface area contributed by atoms with Crippen molar-refractivity contribution in [3.63, 3.8) is 0 Å². The molecule has 0 spiro atoms. The number of benzene rings is 3. The maximum atomic E-state index is 13.5. The van der Waals surface area contributed by atoms with Crippen LogP contribution in [0.5, 0.6) is 0 Å². The highest BCUT2D eigenvalue weighted by molar-refractivity contribution is 7.18. The molecule has 2 aromatic heterocycles. The number of piperidine rings is 1. The number of carbonyl (C=O) groups is 1. The van der Waals surface area contributed by atoms with Crippen molar-refractivity contribution in [3.05, 3.63) is 88.0 Å². The van der Waals surface area contributed by atoms with Crippen molar-refractivity contribution >= 4 is 49.3 Å². The number of aromatic nitrogens is 2. The normalized spacial score (nSPS) is 16.6. The molecule has 0 N–H and O–H groups in total. The molecule has 33 heavy (non-hydrogen) atoms. The molecule has 164 valence electrons. The highest BCUT2D eigenvalue weighted by atomic mass is 32.1. The number of para-hydroxylation sites is 3. The van der Waals surface area contributed by atoms with E-state index in [1.165, 1.54) is 4.70 Å². The van der Waals surface area contributed by atoms with Gasteiger partial charge in [-0.25, -0.2) is 4.98 Å². The largest absolute Gasteiger partial charge is 0.340 e. The monoisotopic (exact) mass is 453 g/mol. The molecule has 1 aliphatic rings. The van der Waals surface area contributed by atoms with Crippen molar-refractivity contribution in [3.8, 4) is 0 Å². The van der Waals surface area contributed by atoms with E-state index in [1.807, 2.05) is 76.2 Å². The summed E-state index contributed by atoms with van der Waals surface area (Å²) in [5.74, 6) is 0.349. The maximum Gasteiger partial charge on any atom is 0.242 e. The molecule has 1 saturated heterocycles. The van der Waals surface area contributed by atoms with Gasteiger partial charge in [-0.15, -0.1) is 11.3 Å². The van der Waals surface area contributed by atoms with Crippen molar-refractivity contribution < 1.29 is 4.79 Å². The molecule has 3 heterocycles. The number of hydrogen-bond donors (Lipinski definition) is 0. The molecule has 0 bridgehead atoms. The van der Waals surface area contributed by atoms with E-state index in [2.05, 4.69) is 6.07 Å². The van der Waals surface area contributed by atoms with Gasteiger partial charge in [0.05, 0.1) is 26.3 Å². The molecule has 0 unspecified atom stereocenters. The Labute approximate surface area is 194 Å². The minimum atomic E-state index is 0.0128. The number of thiazole rings is 1. The lowest BCUT2D eigenvalue weighted by atomic mass is 9.98. The maximum absolute atomic E-state index is 13.5. The highest BCUT2D eigenvalue weighted by Gasteiger charge is 2.27. The van der Waals surface area contributed by atoms with Gasteiger partial charge in [-0.05, 0) is 49.2 Å². The SMILES string of the molecule is O=C(Cn1c2ccccc2c(=O)c2ccccc21)N1CCC[C@@H](c2nc3ccccc3s2)C1. The molecule has 1 amide bonds. The van der Waals surface area contributed by atoms with Gasteiger partial charge in [-0.2, -0.15) is 0 Å². The molecule has 1 fully saturated rings. The van der Waals surface area contributed by atoms with Crippen LogP contribution in [0.25, 0.3) is 32.0 Å². The Kier molecular flexibility index (Phi) is 4.95. The first-order valence-corrected chi connectivity index (χ1v) is 12.1. The van der Waals surface area contributed by atoms with Gasteiger partial charge in [0, 0.05) is 29.8 Å². The van der Waals surface area contributed by atoms with Gasteiger partial charge in [0.15, 0.2) is 5.43 Å². The zero-order valence-corrected chi connectivity index (χ0v) is 18.9. The van der Waals surface area contributed by atoms with Crippen LogP contribution in [0.2, 0.25) is 0 Å². The Morgan fingerprint density at radius 1 is 0.939 bits per heavy atom. The molecule has 6 heteroatoms. The van der Waals surface area contributed by atoms with Crippen molar-refractivity contribution in [2.75, 3.05) is 13.1 Å². The predicted octanol–water partition coefficient (Wildman–Crippen LogP) is 5.17. The molecule has 5 aromatic rings. The summed E-state index contributed by atoms with van der Waals surface area (Å²) in [6, 6.07) is 23.3. The van der Waals surface area contributed by atoms with E-state index < -0.39 is 0 Å². The molecule has 1 aliphatic heterocycles. The van der Waals surface area contributed by atoms with Gasteiger partial charge in [0.25, 0.3) is 0 Å². The van der Waals surface area contributed by atoms with Crippen LogP contribution < -0.4 is 5.43 Å². The van der Waals surface area contributed by atoms with Gasteiger partial charge >= 0.3 is 0 Å². The van der Waals surface area contributed by atoms with Gasteiger partial charge in [0.2, 0.25) is 5.91 Å². The van der Waals surface area contributed by atoms with Crippen LogP contribution in [0.4, 0.5) is 0 Å². The van der Waals surface area contributed by atoms with Crippen LogP contribution in [-0.4, -0.2) is 33.4 Å². The lowest BCUT2D eigenvalue weighted by Crippen LogP contribution is -2.41. The fraction of sp³-hybridized carbons (Fsp3) is 0.222. The van der Waals surface area contributed by atoms with Gasteiger partial charge in [-0.1, -0.05) is 36.4 Å². The predicted molar refractivity (Wildman–Crippen MR) is 134 cm³/mol. The van der Waals surface area contributed by atoms with E-state index in [0.29, 0.717) is 17.3 Å². The first-order valence-electron chi connectivity index (χ1n) is 11.3. The van der Waals surface area contributed by atoms with Crippen LogP contribution in [0.3, 0.4) is 0 Å². The average Bonchev–Trinajstić information content (AvgIpc) is 3.31. The van der Waals surface area contributed by atoms with Crippen molar-refractivity contribution in [1.82, 2.24) is 14.5 Å². The summed E-state index contributed by atoms with van der Waals surface area (Å²) in [5, 5.41) is 2.41. The molecule has 0 aliphatic carbocycles. The van der Waals surface area contributed by atoms with Crippen LogP contribution in [0, 0.1) is 0 Å². The van der Waals surface area contributed by atoms with Crippen LogP contribution in [0.15, 0.2) is 77.6 Å². The standard InChI is InChI=1S/C27H23N3O2S/c31-25(29-15-7-8-18(16-29)27-28-21-11-3-6-14-24(21)33-27)17-30-22-12-4-1-9-19(22)26(32)20-10-2-5-13-23(20)30/h1-6,9-14,18H,7-8,15-17H2/t18-/m1/s1. The number of hydrogen-bond acceptors (Lipinski definition) is 4. The molecule has 5 nitrogen and oxygen atoms in total. The Morgan fingerprint density at radius 3 is 2.33 bits per heavy atom. The third kappa shape index (κ3) is 3.51. The van der Waals surface area contributed by atoms with Gasteiger partial charge < -0.3 is 9.47 Å². The Hall–Kier alpha value is -3.51. The average molecular weight is 454 g/mol. The third-order valence-corrected chi connectivity index (χ3v) is 7.80. The fourth-order valence-electron chi connectivity index (χ4n) is 4.95. The van der Waals surface area contributed by atoms with E-state index in [0.717, 1.165) is 40.9 Å². The Bertz CT molecular complexity index is 1480. The summed E-state index contributed by atoms with van der Waals surface area (Å²) in [7, 11) is 0. The second-order valence-electron chi connectivity index (χ2n) is 8.65. The van der Waals surface area contributed by atoms with Gasteiger partial charge in [-0.3, -0.25) is 9.59 Å². The second-order valence-corrected chi connectivity index (χ2v) is 9.71. The van der Waals surface area contributed by atoms with E-state index in [1.54, 1.807) is 11.3 Å². The Morgan fingerprint density at radius 2 is 1.61 bits per heavy atom. The summed E-state index contributed by atoms with van der Waals surface area (Å²) in [6.45, 7) is 1.67. The second kappa shape index (κ2) is 8.12. The summed E-state index contributed by atoms with van der Waals surface area (Å²) in [5.41, 5.74) is 2.65. The van der Waals surface area contributed by atoms with Crippen molar-refractivity contribution in [2.45, 2.75) is 25.3 Å². The van der Waals surface area contributed by atoms with E-state index in [4.69, 9.17) is 4.98 Å². The van der Waals surface area contributed by atoms with Gasteiger partial charge in [0.1, 0.15) is 6.54 Å². The zero-order chi connectivity index (χ0) is 22.4. The number of nitrogens with zero attached hydrogens (tertiary/aromatic N) is 3. The third-order valence-electron chi connectivity index (χ3n) is 6.61. The van der Waals surface area contributed by atoms with Crippen LogP contribution >= 0.6 is 11.3 Å². The minimum absolute atomic E-state index is 0.0128. The lowest BCUT2D eigenvalue weighted by molar-refractivity contribution is -0.132. The molecule has 1 atom stereocenters. The summed E-state index contributed by atoms with van der Waals surface area (Å²) >= 11 is 1.74. The smallest absolute Gasteiger partial charge is 0.242 e. The first kappa shape index (κ1) is 20.1. The number of carbonyl (C=O) groups excluding carboxylic acids is 1. The summed E-state index contributed by atoms with van der Waals surface area (Å²) in [4.78, 5) is 33.3. The number of likely N-dealkylation sites (tertiary alicyclic amines) is 1. The Balaban J connectivity index is 1.33. The number of amides is 1. The highest BCUT2D eigenvalue weighted by Crippen LogP contribution is 2.33. The number of pyridine rings is 1. The molecule has 6 rings (SSSR count). The van der Waals surface area contributed by atoms with Crippen molar-refractivity contribution in [2.24, 2.45) is 0 Å². The topological polar surface area (TPSA) is 55.2 Å². The first-order chi connectivity index (χ1) is 16.2. The summed E-state index contributed by atoms with van der Waals surface area (Å²) in [6.07, 6.45) is 2.02. The number of fused-ring (bicyclic) bond motifs is 3. The lowest BCUT2D eigenvalue weighted by Gasteiger charge is -2.32. The van der Waals surface area contributed by atoms with Crippen LogP contribution in [0.1, 0.15) is 23.8 Å². The van der Waals surface area contributed by atoms with E-state index >= 15 is 0 Å². The van der Waals surface area contributed by atoms with Crippen LogP contribution in [-0.2, 0) is 11.3 Å². The fourth-order valence-corrected chi connectivity index (χ4v) is 6.05. The number of rotatable bonds is 3. The minimum Gasteiger partial charge on any atom is -0.340 e. The van der Waals surface area contributed by atoms with E-state index in [-0.39, 0.29) is 23.8 Å². The van der Waals surface area contributed by atoms with Crippen molar-refractivity contribution in [1.29, 1.82) is 0 Å². The summed E-state index contributed by atoms with van der Waals surface area (Å²) < 4.78 is 3.19. The molecule has 0 saturated carbocycles. The quantitative estimate of drug-likeness (QED) is 0.354. The molecule has 0 radical (unpaired) electrons. The zero-order valence-electron chi connectivity index (χ0n) is 18.1. The van der Waals surface area contributed by atoms with E-state index in [9.17, 15) is 9.59 Å². The molecule has 3 aromatic carbocycles. The molecular weight excluding hydrogens is 430 g/mol. The molecular formula is C27H23N3O2S.